The Bertz CT molecular complexity index is 674. The fraction of sp³-hybridized carbons (Fsp3) is 0.421. The van der Waals surface area contributed by atoms with Crippen LogP contribution in [0.2, 0.25) is 0 Å². The van der Waals surface area contributed by atoms with E-state index in [9.17, 15) is 9.50 Å². The summed E-state index contributed by atoms with van der Waals surface area (Å²) < 4.78 is 13.8. The predicted molar refractivity (Wildman–Crippen MR) is 97.3 cm³/mol. The second-order valence-corrected chi connectivity index (χ2v) is 6.51. The second kappa shape index (κ2) is 8.27. The Morgan fingerprint density at radius 3 is 2.68 bits per heavy atom. The van der Waals surface area contributed by atoms with Gasteiger partial charge in [-0.15, -0.1) is 0 Å². The molecule has 0 bridgehead atoms. The van der Waals surface area contributed by atoms with Gasteiger partial charge in [0.1, 0.15) is 5.82 Å². The van der Waals surface area contributed by atoms with Gasteiger partial charge >= 0.3 is 0 Å². The lowest BCUT2D eigenvalue weighted by Crippen LogP contribution is -2.50. The Labute approximate surface area is 148 Å². The number of piperazine rings is 1. The first-order valence-electron chi connectivity index (χ1n) is 8.71. The van der Waals surface area contributed by atoms with Gasteiger partial charge in [-0.2, -0.15) is 0 Å². The van der Waals surface area contributed by atoms with E-state index in [0.717, 1.165) is 38.5 Å². The van der Waals surface area contributed by atoms with Gasteiger partial charge in [0.2, 0.25) is 0 Å². The molecule has 2 aromatic rings. The summed E-state index contributed by atoms with van der Waals surface area (Å²) >= 11 is 0. The van der Waals surface area contributed by atoms with E-state index in [1.54, 1.807) is 12.1 Å². The normalized spacial score (nSPS) is 16.8. The average Bonchev–Trinajstić information content (AvgIpc) is 2.64. The maximum atomic E-state index is 13.8. The number of pyridine rings is 1. The number of rotatable bonds is 6. The number of nitrogens with one attached hydrogen (secondary N) is 1. The molecule has 0 radical (unpaired) electrons. The highest BCUT2D eigenvalue weighted by Crippen LogP contribution is 2.18. The summed E-state index contributed by atoms with van der Waals surface area (Å²) in [6.07, 6.45) is 1.83. The summed E-state index contributed by atoms with van der Waals surface area (Å²) in [7, 11) is 0. The highest BCUT2D eigenvalue weighted by molar-refractivity contribution is 5.38. The van der Waals surface area contributed by atoms with Crippen molar-refractivity contribution in [2.45, 2.75) is 19.5 Å². The van der Waals surface area contributed by atoms with Crippen LogP contribution < -0.4 is 10.2 Å². The van der Waals surface area contributed by atoms with E-state index in [1.807, 2.05) is 24.4 Å². The van der Waals surface area contributed by atoms with E-state index in [0.29, 0.717) is 12.1 Å². The fourth-order valence-electron chi connectivity index (χ4n) is 3.14. The van der Waals surface area contributed by atoms with E-state index < -0.39 is 5.82 Å². The number of phenolic OH excluding ortho intramolecular Hbond substituents is 1. The monoisotopic (exact) mass is 344 g/mol. The SMILES string of the molecule is CC(CN1CCN(c2ccccn2)CC1)NCc1cccc(O)c1F. The smallest absolute Gasteiger partial charge is 0.169 e. The molecular weight excluding hydrogens is 319 g/mol. The zero-order chi connectivity index (χ0) is 17.6. The van der Waals surface area contributed by atoms with Crippen LogP contribution in [0.25, 0.3) is 0 Å². The highest BCUT2D eigenvalue weighted by atomic mass is 19.1. The van der Waals surface area contributed by atoms with Crippen LogP contribution in [0.1, 0.15) is 12.5 Å². The molecule has 1 fully saturated rings. The van der Waals surface area contributed by atoms with Crippen LogP contribution >= 0.6 is 0 Å². The third-order valence-electron chi connectivity index (χ3n) is 4.58. The van der Waals surface area contributed by atoms with Gasteiger partial charge < -0.3 is 15.3 Å². The summed E-state index contributed by atoms with van der Waals surface area (Å²) in [4.78, 5) is 9.12. The summed E-state index contributed by atoms with van der Waals surface area (Å²) in [5.41, 5.74) is 0.492. The lowest BCUT2D eigenvalue weighted by atomic mass is 10.2. The number of aromatic nitrogens is 1. The molecule has 0 spiro atoms. The molecule has 3 rings (SSSR count). The second-order valence-electron chi connectivity index (χ2n) is 6.51. The van der Waals surface area contributed by atoms with Crippen LogP contribution in [0.4, 0.5) is 10.2 Å². The molecule has 0 amide bonds. The molecule has 0 aliphatic carbocycles. The number of benzene rings is 1. The van der Waals surface area contributed by atoms with Gasteiger partial charge in [-0.1, -0.05) is 18.2 Å². The summed E-state index contributed by atoms with van der Waals surface area (Å²) in [5, 5.41) is 12.8. The summed E-state index contributed by atoms with van der Waals surface area (Å²) in [6, 6.07) is 11.0. The molecule has 5 nitrogen and oxygen atoms in total. The van der Waals surface area contributed by atoms with Crippen molar-refractivity contribution in [1.82, 2.24) is 15.2 Å². The molecule has 0 saturated carbocycles. The van der Waals surface area contributed by atoms with Gasteiger partial charge in [0.25, 0.3) is 0 Å². The van der Waals surface area contributed by atoms with Crippen LogP contribution in [0.5, 0.6) is 5.75 Å². The molecule has 1 unspecified atom stereocenters. The number of phenols is 1. The lowest BCUT2D eigenvalue weighted by Gasteiger charge is -2.36. The van der Waals surface area contributed by atoms with Crippen molar-refractivity contribution in [2.24, 2.45) is 0 Å². The molecule has 1 aromatic carbocycles. The number of hydrogen-bond acceptors (Lipinski definition) is 5. The highest BCUT2D eigenvalue weighted by Gasteiger charge is 2.19. The Balaban J connectivity index is 1.43. The Kier molecular flexibility index (Phi) is 5.83. The molecule has 2 heterocycles. The topological polar surface area (TPSA) is 51.6 Å². The molecule has 1 aliphatic rings. The van der Waals surface area contributed by atoms with E-state index in [4.69, 9.17) is 0 Å². The lowest BCUT2D eigenvalue weighted by molar-refractivity contribution is 0.233. The molecule has 2 N–H and O–H groups in total. The first kappa shape index (κ1) is 17.6. The number of hydrogen-bond donors (Lipinski definition) is 2. The standard InChI is InChI=1S/C19H25FN4O/c1-15(22-13-16-5-4-6-17(25)19(16)20)14-23-9-11-24(12-10-23)18-7-2-3-8-21-18/h2-8,15,22,25H,9-14H2,1H3. The van der Waals surface area contributed by atoms with Crippen LogP contribution in [0.3, 0.4) is 0 Å². The van der Waals surface area contributed by atoms with Crippen LogP contribution in [-0.2, 0) is 6.54 Å². The summed E-state index contributed by atoms with van der Waals surface area (Å²) in [6.45, 7) is 7.33. The van der Waals surface area contributed by atoms with Crippen molar-refractivity contribution in [3.05, 3.63) is 54.0 Å². The quantitative estimate of drug-likeness (QED) is 0.842. The fourth-order valence-corrected chi connectivity index (χ4v) is 3.14. The number of anilines is 1. The molecule has 1 saturated heterocycles. The van der Waals surface area contributed by atoms with E-state index >= 15 is 0 Å². The van der Waals surface area contributed by atoms with Crippen molar-refractivity contribution in [3.63, 3.8) is 0 Å². The van der Waals surface area contributed by atoms with Gasteiger partial charge in [-0.05, 0) is 25.1 Å². The van der Waals surface area contributed by atoms with Gasteiger partial charge in [0, 0.05) is 57.1 Å². The van der Waals surface area contributed by atoms with Crippen molar-refractivity contribution < 1.29 is 9.50 Å². The molecule has 134 valence electrons. The van der Waals surface area contributed by atoms with E-state index in [-0.39, 0.29) is 11.8 Å². The molecule has 25 heavy (non-hydrogen) atoms. The first-order chi connectivity index (χ1) is 12.1. The minimum Gasteiger partial charge on any atom is -0.505 e. The first-order valence-corrected chi connectivity index (χ1v) is 8.71. The van der Waals surface area contributed by atoms with E-state index in [1.165, 1.54) is 6.07 Å². The Morgan fingerprint density at radius 1 is 1.16 bits per heavy atom. The largest absolute Gasteiger partial charge is 0.505 e. The van der Waals surface area contributed by atoms with Gasteiger partial charge in [-0.25, -0.2) is 9.37 Å². The van der Waals surface area contributed by atoms with Crippen molar-refractivity contribution in [1.29, 1.82) is 0 Å². The van der Waals surface area contributed by atoms with Crippen LogP contribution in [-0.4, -0.2) is 53.8 Å². The van der Waals surface area contributed by atoms with Crippen molar-refractivity contribution in [2.75, 3.05) is 37.6 Å². The van der Waals surface area contributed by atoms with Crippen LogP contribution in [0.15, 0.2) is 42.6 Å². The van der Waals surface area contributed by atoms with Crippen molar-refractivity contribution >= 4 is 5.82 Å². The molecular formula is C19H25FN4O. The third-order valence-corrected chi connectivity index (χ3v) is 4.58. The maximum absolute atomic E-state index is 13.8. The van der Waals surface area contributed by atoms with Gasteiger partial charge in [0.15, 0.2) is 11.6 Å². The van der Waals surface area contributed by atoms with E-state index in [2.05, 4.69) is 27.0 Å². The molecule has 1 atom stereocenters. The van der Waals surface area contributed by atoms with Crippen LogP contribution in [0, 0.1) is 5.82 Å². The Morgan fingerprint density at radius 2 is 1.96 bits per heavy atom. The Hall–Kier alpha value is -2.18. The zero-order valence-electron chi connectivity index (χ0n) is 14.5. The van der Waals surface area contributed by atoms with Gasteiger partial charge in [-0.3, -0.25) is 4.90 Å². The minimum atomic E-state index is -0.536. The molecule has 6 heteroatoms. The number of aromatic hydroxyl groups is 1. The predicted octanol–water partition coefficient (Wildman–Crippen LogP) is 2.23. The number of halogens is 1. The average molecular weight is 344 g/mol. The maximum Gasteiger partial charge on any atom is 0.169 e. The van der Waals surface area contributed by atoms with Gasteiger partial charge in [0.05, 0.1) is 0 Å². The summed E-state index contributed by atoms with van der Waals surface area (Å²) in [5.74, 6) is 0.205. The molecule has 1 aliphatic heterocycles. The third kappa shape index (κ3) is 4.67. The zero-order valence-corrected chi connectivity index (χ0v) is 14.5. The number of nitrogens with zero attached hydrogens (tertiary/aromatic N) is 3. The van der Waals surface area contributed by atoms with Crippen molar-refractivity contribution in [3.8, 4) is 5.75 Å². The molecule has 1 aromatic heterocycles. The minimum absolute atomic E-state index is 0.239.